The Morgan fingerprint density at radius 1 is 1.23 bits per heavy atom. The number of amides is 1. The molecule has 0 saturated carbocycles. The van der Waals surface area contributed by atoms with Gasteiger partial charge in [0, 0.05) is 13.1 Å². The largest absolute Gasteiger partial charge is 0.351 e. The molecule has 0 aliphatic carbocycles. The molecule has 0 bridgehead atoms. The fraction of sp³-hybridized carbons (Fsp3) is 0.300. The molecule has 1 amide bonds. The van der Waals surface area contributed by atoms with Crippen LogP contribution >= 0.6 is 23.1 Å². The lowest BCUT2D eigenvalue weighted by molar-refractivity contribution is -0.118. The molecule has 3 aromatic heterocycles. The molecule has 0 fully saturated rings. The Hall–Kier alpha value is -2.72. The topological polar surface area (TPSA) is 81.3 Å². The van der Waals surface area contributed by atoms with Crippen LogP contribution in [0.15, 0.2) is 45.7 Å². The van der Waals surface area contributed by atoms with Gasteiger partial charge in [0.15, 0.2) is 5.16 Å². The molecule has 7 nitrogen and oxygen atoms in total. The molecule has 0 atom stereocenters. The van der Waals surface area contributed by atoms with Crippen molar-refractivity contribution in [3.05, 3.63) is 57.4 Å². The number of carbonyl (C=O) groups excluding carboxylic acids is 1. The molecule has 30 heavy (non-hydrogen) atoms. The molecule has 1 aromatic carbocycles. The molecule has 0 radical (unpaired) electrons. The third-order valence-electron chi connectivity index (χ3n) is 4.47. The number of carbonyl (C=O) groups is 1. The van der Waals surface area contributed by atoms with Gasteiger partial charge in [-0.1, -0.05) is 37.7 Å². The van der Waals surface area contributed by atoms with Gasteiger partial charge in [-0.15, -0.1) is 21.5 Å². The zero-order chi connectivity index (χ0) is 21.3. The van der Waals surface area contributed by atoms with Gasteiger partial charge in [0.2, 0.25) is 11.7 Å². The van der Waals surface area contributed by atoms with E-state index in [1.54, 1.807) is 16.7 Å². The van der Waals surface area contributed by atoms with Crippen LogP contribution in [0, 0.1) is 11.7 Å². The fourth-order valence-corrected chi connectivity index (χ4v) is 4.70. The Labute approximate surface area is 179 Å². The number of hydrogen-bond acceptors (Lipinski definition) is 6. The Balaban J connectivity index is 1.54. The number of nitrogens with zero attached hydrogens (tertiary/aromatic N) is 4. The molecule has 0 unspecified atom stereocenters. The highest BCUT2D eigenvalue weighted by atomic mass is 32.2. The van der Waals surface area contributed by atoms with Gasteiger partial charge < -0.3 is 5.32 Å². The Morgan fingerprint density at radius 3 is 2.73 bits per heavy atom. The SMILES string of the molecule is CC(C)Cn1c(=O)c2sccc2n2c(SCC(=O)NCc3ccc(F)cc3)nnc12. The summed E-state index contributed by atoms with van der Waals surface area (Å²) in [5, 5.41) is 13.7. The van der Waals surface area contributed by atoms with Gasteiger partial charge in [0.25, 0.3) is 5.56 Å². The van der Waals surface area contributed by atoms with Crippen molar-refractivity contribution in [3.63, 3.8) is 0 Å². The maximum absolute atomic E-state index is 13.0. The molecular formula is C20H20FN5O2S2. The number of fused-ring (bicyclic) bond motifs is 3. The van der Waals surface area contributed by atoms with E-state index in [0.29, 0.717) is 28.7 Å². The number of hydrogen-bond donors (Lipinski definition) is 1. The minimum atomic E-state index is -0.310. The zero-order valence-electron chi connectivity index (χ0n) is 16.5. The van der Waals surface area contributed by atoms with Crippen LogP contribution in [0.2, 0.25) is 0 Å². The number of benzene rings is 1. The summed E-state index contributed by atoms with van der Waals surface area (Å²) < 4.78 is 17.1. The van der Waals surface area contributed by atoms with Crippen LogP contribution in [-0.2, 0) is 17.9 Å². The molecule has 156 valence electrons. The number of nitrogens with one attached hydrogen (secondary N) is 1. The van der Waals surface area contributed by atoms with Crippen molar-refractivity contribution < 1.29 is 9.18 Å². The van der Waals surface area contributed by atoms with Crippen molar-refractivity contribution in [2.24, 2.45) is 5.92 Å². The van der Waals surface area contributed by atoms with E-state index in [4.69, 9.17) is 0 Å². The van der Waals surface area contributed by atoms with Gasteiger partial charge in [0.05, 0.1) is 11.3 Å². The van der Waals surface area contributed by atoms with Gasteiger partial charge in [-0.2, -0.15) is 0 Å². The number of thiophene rings is 1. The lowest BCUT2D eigenvalue weighted by atomic mass is 10.2. The molecule has 3 heterocycles. The number of rotatable bonds is 7. The van der Waals surface area contributed by atoms with Crippen molar-refractivity contribution in [1.29, 1.82) is 0 Å². The van der Waals surface area contributed by atoms with Crippen LogP contribution in [0.5, 0.6) is 0 Å². The van der Waals surface area contributed by atoms with Crippen LogP contribution in [-0.4, -0.2) is 30.8 Å². The number of thioether (sulfide) groups is 1. The molecule has 0 aliphatic rings. The molecule has 0 spiro atoms. The second kappa shape index (κ2) is 8.57. The maximum Gasteiger partial charge on any atom is 0.272 e. The van der Waals surface area contributed by atoms with Crippen LogP contribution in [0.1, 0.15) is 19.4 Å². The maximum atomic E-state index is 13.0. The lowest BCUT2D eigenvalue weighted by Crippen LogP contribution is -2.25. The summed E-state index contributed by atoms with van der Waals surface area (Å²) in [5.74, 6) is 0.424. The molecular weight excluding hydrogens is 425 g/mol. The first-order valence-electron chi connectivity index (χ1n) is 9.43. The second-order valence-corrected chi connectivity index (χ2v) is 9.11. The summed E-state index contributed by atoms with van der Waals surface area (Å²) in [4.78, 5) is 25.1. The minimum absolute atomic E-state index is 0.0674. The highest BCUT2D eigenvalue weighted by Gasteiger charge is 2.19. The molecule has 4 rings (SSSR count). The third kappa shape index (κ3) is 4.10. The summed E-state index contributed by atoms with van der Waals surface area (Å²) in [5.41, 5.74) is 1.50. The smallest absolute Gasteiger partial charge is 0.272 e. The van der Waals surface area contributed by atoms with E-state index < -0.39 is 0 Å². The van der Waals surface area contributed by atoms with Crippen molar-refractivity contribution >= 4 is 45.0 Å². The van der Waals surface area contributed by atoms with E-state index >= 15 is 0 Å². The highest BCUT2D eigenvalue weighted by Crippen LogP contribution is 2.24. The van der Waals surface area contributed by atoms with Gasteiger partial charge >= 0.3 is 0 Å². The van der Waals surface area contributed by atoms with Gasteiger partial charge in [-0.05, 0) is 35.1 Å². The summed E-state index contributed by atoms with van der Waals surface area (Å²) in [6.45, 7) is 4.94. The Kier molecular flexibility index (Phi) is 5.87. The minimum Gasteiger partial charge on any atom is -0.351 e. The van der Waals surface area contributed by atoms with Crippen molar-refractivity contribution in [1.82, 2.24) is 24.5 Å². The highest BCUT2D eigenvalue weighted by molar-refractivity contribution is 7.99. The Morgan fingerprint density at radius 2 is 2.00 bits per heavy atom. The number of aromatic nitrogens is 4. The number of halogens is 1. The monoisotopic (exact) mass is 445 g/mol. The second-order valence-electron chi connectivity index (χ2n) is 7.25. The van der Waals surface area contributed by atoms with E-state index in [1.165, 1.54) is 35.2 Å². The standard InChI is InChI=1S/C20H20FN5O2S2/c1-12(2)10-25-18(28)17-15(7-8-29-17)26-19(25)23-24-20(26)30-11-16(27)22-9-13-3-5-14(21)6-4-13/h3-8,12H,9-11H2,1-2H3,(H,22,27). The average Bonchev–Trinajstić information content (AvgIpc) is 3.36. The van der Waals surface area contributed by atoms with E-state index in [1.807, 2.05) is 29.7 Å². The van der Waals surface area contributed by atoms with Crippen LogP contribution < -0.4 is 10.9 Å². The summed E-state index contributed by atoms with van der Waals surface area (Å²) >= 11 is 2.65. The Bertz CT molecular complexity index is 1260. The van der Waals surface area contributed by atoms with Gasteiger partial charge in [-0.25, -0.2) is 4.39 Å². The predicted octanol–water partition coefficient (Wildman–Crippen LogP) is 3.31. The van der Waals surface area contributed by atoms with Crippen LogP contribution in [0.3, 0.4) is 0 Å². The lowest BCUT2D eigenvalue weighted by Gasteiger charge is -2.11. The first-order valence-corrected chi connectivity index (χ1v) is 11.3. The molecule has 0 aliphatic heterocycles. The fourth-order valence-electron chi connectivity index (χ4n) is 3.11. The average molecular weight is 446 g/mol. The molecule has 0 saturated heterocycles. The molecule has 10 heteroatoms. The van der Waals surface area contributed by atoms with Gasteiger partial charge in [-0.3, -0.25) is 18.6 Å². The van der Waals surface area contributed by atoms with Gasteiger partial charge in [0.1, 0.15) is 10.5 Å². The van der Waals surface area contributed by atoms with E-state index in [-0.39, 0.29) is 29.0 Å². The van der Waals surface area contributed by atoms with Crippen molar-refractivity contribution in [2.75, 3.05) is 5.75 Å². The van der Waals surface area contributed by atoms with Crippen molar-refractivity contribution in [2.45, 2.75) is 32.1 Å². The van der Waals surface area contributed by atoms with Crippen molar-refractivity contribution in [3.8, 4) is 0 Å². The van der Waals surface area contributed by atoms with Crippen LogP contribution in [0.25, 0.3) is 16.0 Å². The summed E-state index contributed by atoms with van der Waals surface area (Å²) in [6, 6.07) is 7.87. The first kappa shape index (κ1) is 20.5. The summed E-state index contributed by atoms with van der Waals surface area (Å²) in [6.07, 6.45) is 0. The zero-order valence-corrected chi connectivity index (χ0v) is 18.1. The summed E-state index contributed by atoms with van der Waals surface area (Å²) in [7, 11) is 0. The van der Waals surface area contributed by atoms with E-state index in [0.717, 1.165) is 11.1 Å². The molecule has 4 aromatic rings. The van der Waals surface area contributed by atoms with E-state index in [9.17, 15) is 14.0 Å². The molecule has 1 N–H and O–H groups in total. The van der Waals surface area contributed by atoms with Crippen LogP contribution in [0.4, 0.5) is 4.39 Å². The first-order chi connectivity index (χ1) is 14.4. The third-order valence-corrected chi connectivity index (χ3v) is 6.29. The normalized spacial score (nSPS) is 11.6. The van der Waals surface area contributed by atoms with E-state index in [2.05, 4.69) is 15.5 Å². The quantitative estimate of drug-likeness (QED) is 0.442. The predicted molar refractivity (Wildman–Crippen MR) is 116 cm³/mol.